The van der Waals surface area contributed by atoms with Gasteiger partial charge < -0.3 is 10.6 Å². The number of amides is 1. The van der Waals surface area contributed by atoms with E-state index in [0.717, 1.165) is 5.56 Å². The van der Waals surface area contributed by atoms with Crippen LogP contribution in [0.2, 0.25) is 0 Å². The number of benzene rings is 3. The number of para-hydroxylation sites is 1. The summed E-state index contributed by atoms with van der Waals surface area (Å²) in [5.41, 5.74) is 2.97. The molecule has 0 spiro atoms. The molecule has 2 atom stereocenters. The van der Waals surface area contributed by atoms with E-state index in [0.29, 0.717) is 17.8 Å². The lowest BCUT2D eigenvalue weighted by Crippen LogP contribution is -2.38. The Bertz CT molecular complexity index is 1150. The molecule has 1 aliphatic heterocycles. The van der Waals surface area contributed by atoms with Crippen molar-refractivity contribution in [2.45, 2.75) is 23.9 Å². The number of rotatable bonds is 5. The highest BCUT2D eigenvalue weighted by Crippen LogP contribution is 2.30. The van der Waals surface area contributed by atoms with Gasteiger partial charge in [-0.2, -0.15) is 4.72 Å². The largest absolute Gasteiger partial charge is 0.364 e. The van der Waals surface area contributed by atoms with Crippen LogP contribution >= 0.6 is 0 Å². The van der Waals surface area contributed by atoms with E-state index in [2.05, 4.69) is 22.3 Å². The van der Waals surface area contributed by atoms with Gasteiger partial charge in [-0.25, -0.2) is 8.42 Å². The first kappa shape index (κ1) is 20.1. The third-order valence-electron chi connectivity index (χ3n) is 5.19. The highest BCUT2D eigenvalue weighted by Gasteiger charge is 2.29. The zero-order valence-corrected chi connectivity index (χ0v) is 17.3. The average Bonchev–Trinajstić information content (AvgIpc) is 2.77. The number of hydrogen-bond acceptors (Lipinski definition) is 4. The summed E-state index contributed by atoms with van der Waals surface area (Å²) in [7, 11) is -3.60. The van der Waals surface area contributed by atoms with Gasteiger partial charge in [0, 0.05) is 12.1 Å². The van der Waals surface area contributed by atoms with E-state index in [4.69, 9.17) is 0 Å². The van der Waals surface area contributed by atoms with Crippen molar-refractivity contribution in [1.82, 2.24) is 10.0 Å². The second kappa shape index (κ2) is 8.30. The first-order chi connectivity index (χ1) is 14.4. The molecule has 154 valence electrons. The second-order valence-corrected chi connectivity index (χ2v) is 9.02. The maximum absolute atomic E-state index is 12.5. The Morgan fingerprint density at radius 3 is 2.37 bits per heavy atom. The van der Waals surface area contributed by atoms with E-state index in [-0.39, 0.29) is 16.7 Å². The minimum atomic E-state index is -3.60. The third kappa shape index (κ3) is 4.22. The van der Waals surface area contributed by atoms with Crippen LogP contribution < -0.4 is 15.4 Å². The molecule has 1 amide bonds. The Labute approximate surface area is 176 Å². The summed E-state index contributed by atoms with van der Waals surface area (Å²) < 4.78 is 27.6. The Morgan fingerprint density at radius 2 is 1.63 bits per heavy atom. The van der Waals surface area contributed by atoms with Crippen LogP contribution in [0.3, 0.4) is 0 Å². The van der Waals surface area contributed by atoms with Gasteiger partial charge in [-0.05, 0) is 41.3 Å². The molecule has 0 fully saturated rings. The molecule has 0 unspecified atom stereocenters. The van der Waals surface area contributed by atoms with Crippen molar-refractivity contribution in [3.05, 3.63) is 95.6 Å². The van der Waals surface area contributed by atoms with Gasteiger partial charge in [0.25, 0.3) is 5.91 Å². The fourth-order valence-corrected chi connectivity index (χ4v) is 4.76. The highest BCUT2D eigenvalue weighted by atomic mass is 32.2. The van der Waals surface area contributed by atoms with Gasteiger partial charge in [-0.1, -0.05) is 61.5 Å². The van der Waals surface area contributed by atoms with E-state index in [1.165, 1.54) is 5.56 Å². The smallest absolute Gasteiger partial charge is 0.251 e. The van der Waals surface area contributed by atoms with Crippen LogP contribution in [0.1, 0.15) is 40.5 Å². The summed E-state index contributed by atoms with van der Waals surface area (Å²) in [6.45, 7) is 2.60. The van der Waals surface area contributed by atoms with E-state index in [1.54, 1.807) is 48.5 Å². The maximum Gasteiger partial charge on any atom is 0.251 e. The van der Waals surface area contributed by atoms with E-state index < -0.39 is 16.2 Å². The molecule has 3 N–H and O–H groups in total. The van der Waals surface area contributed by atoms with Gasteiger partial charge in [0.05, 0.1) is 5.69 Å². The lowest BCUT2D eigenvalue weighted by Gasteiger charge is -2.28. The fraction of sp³-hybridized carbons (Fsp3) is 0.174. The van der Waals surface area contributed by atoms with Gasteiger partial charge in [-0.15, -0.1) is 0 Å². The van der Waals surface area contributed by atoms with Crippen molar-refractivity contribution in [3.63, 3.8) is 0 Å². The molecule has 30 heavy (non-hydrogen) atoms. The molecule has 3 aromatic rings. The number of hydrogen-bond donors (Lipinski definition) is 3. The van der Waals surface area contributed by atoms with Crippen LogP contribution in [0.25, 0.3) is 0 Å². The van der Waals surface area contributed by atoms with Crippen LogP contribution in [-0.2, 0) is 10.0 Å². The molecule has 3 aromatic carbocycles. The summed E-state index contributed by atoms with van der Waals surface area (Å²) >= 11 is 0. The zero-order valence-electron chi connectivity index (χ0n) is 16.5. The van der Waals surface area contributed by atoms with Crippen molar-refractivity contribution in [2.24, 2.45) is 0 Å². The normalized spacial score (nSPS) is 18.0. The monoisotopic (exact) mass is 421 g/mol. The molecule has 6 nitrogen and oxygen atoms in total. The molecule has 0 bridgehead atoms. The first-order valence-electron chi connectivity index (χ1n) is 9.75. The number of nitrogens with one attached hydrogen (secondary N) is 3. The molecular formula is C23H23N3O3S. The van der Waals surface area contributed by atoms with Gasteiger partial charge in [0.2, 0.25) is 10.0 Å². The Kier molecular flexibility index (Phi) is 5.57. The average molecular weight is 422 g/mol. The van der Waals surface area contributed by atoms with Crippen molar-refractivity contribution in [1.29, 1.82) is 0 Å². The van der Waals surface area contributed by atoms with E-state index in [9.17, 15) is 13.2 Å². The zero-order chi connectivity index (χ0) is 21.1. The molecule has 1 aliphatic rings. The molecule has 0 aliphatic carbocycles. The number of fused-ring (bicyclic) bond motifs is 1. The Balaban J connectivity index is 1.42. The standard InChI is InChI=1S/C23H23N3O3S/c1-16(17-7-3-2-4-8-17)15-24-23(27)19-13-11-18(12-14-19)22-25-20-9-5-6-10-21(20)30(28,29)26-22/h2-14,16,22,25-26H,15H2,1H3,(H,24,27)/t16-,22+/m1/s1. The number of sulfonamides is 1. The minimum Gasteiger partial charge on any atom is -0.364 e. The summed E-state index contributed by atoms with van der Waals surface area (Å²) in [4.78, 5) is 12.7. The Morgan fingerprint density at radius 1 is 0.967 bits per heavy atom. The SMILES string of the molecule is C[C@H](CNC(=O)c1ccc([C@H]2Nc3ccccc3S(=O)(=O)N2)cc1)c1ccccc1. The molecule has 0 aromatic heterocycles. The number of carbonyl (C=O) groups is 1. The predicted molar refractivity (Wildman–Crippen MR) is 117 cm³/mol. The summed E-state index contributed by atoms with van der Waals surface area (Å²) in [6, 6.07) is 23.7. The maximum atomic E-state index is 12.5. The number of carbonyl (C=O) groups excluding carboxylic acids is 1. The minimum absolute atomic E-state index is 0.160. The molecule has 0 radical (unpaired) electrons. The van der Waals surface area contributed by atoms with Crippen LogP contribution in [0, 0.1) is 0 Å². The lowest BCUT2D eigenvalue weighted by molar-refractivity contribution is 0.0951. The molecule has 1 heterocycles. The van der Waals surface area contributed by atoms with Crippen LogP contribution in [0.15, 0.2) is 83.8 Å². The van der Waals surface area contributed by atoms with Crippen molar-refractivity contribution in [2.75, 3.05) is 11.9 Å². The fourth-order valence-electron chi connectivity index (χ4n) is 3.45. The summed E-state index contributed by atoms with van der Waals surface area (Å²) in [5.74, 6) is 0.0437. The predicted octanol–water partition coefficient (Wildman–Crippen LogP) is 3.62. The third-order valence-corrected chi connectivity index (χ3v) is 6.67. The molecule has 0 saturated heterocycles. The van der Waals surface area contributed by atoms with Crippen molar-refractivity contribution < 1.29 is 13.2 Å². The Hall–Kier alpha value is -3.16. The highest BCUT2D eigenvalue weighted by molar-refractivity contribution is 7.89. The van der Waals surface area contributed by atoms with Crippen molar-refractivity contribution >= 4 is 21.6 Å². The van der Waals surface area contributed by atoms with Gasteiger partial charge in [0.15, 0.2) is 0 Å². The van der Waals surface area contributed by atoms with Gasteiger partial charge >= 0.3 is 0 Å². The lowest BCUT2D eigenvalue weighted by atomic mass is 10.0. The van der Waals surface area contributed by atoms with Gasteiger partial charge in [0.1, 0.15) is 11.1 Å². The number of anilines is 1. The van der Waals surface area contributed by atoms with Crippen molar-refractivity contribution in [3.8, 4) is 0 Å². The quantitative estimate of drug-likeness (QED) is 0.587. The molecular weight excluding hydrogens is 398 g/mol. The summed E-state index contributed by atoms with van der Waals surface area (Å²) in [5, 5.41) is 6.14. The van der Waals surface area contributed by atoms with Crippen LogP contribution in [0.5, 0.6) is 0 Å². The second-order valence-electron chi connectivity index (χ2n) is 7.34. The van der Waals surface area contributed by atoms with Crippen LogP contribution in [-0.4, -0.2) is 20.9 Å². The van der Waals surface area contributed by atoms with E-state index in [1.807, 2.05) is 30.3 Å². The first-order valence-corrected chi connectivity index (χ1v) is 11.2. The molecule has 0 saturated carbocycles. The topological polar surface area (TPSA) is 87.3 Å². The van der Waals surface area contributed by atoms with Crippen LogP contribution in [0.4, 0.5) is 5.69 Å². The van der Waals surface area contributed by atoms with Gasteiger partial charge in [-0.3, -0.25) is 4.79 Å². The molecule has 7 heteroatoms. The molecule has 4 rings (SSSR count). The summed E-state index contributed by atoms with van der Waals surface area (Å²) in [6.07, 6.45) is -0.597. The van der Waals surface area contributed by atoms with E-state index >= 15 is 0 Å².